The predicted molar refractivity (Wildman–Crippen MR) is 71.7 cm³/mol. The van der Waals surface area contributed by atoms with Crippen LogP contribution in [0.4, 0.5) is 11.4 Å². The number of anilines is 2. The van der Waals surface area contributed by atoms with Crippen molar-refractivity contribution >= 4 is 34.6 Å². The van der Waals surface area contributed by atoms with Crippen LogP contribution < -0.4 is 11.5 Å². The second-order valence-electron chi connectivity index (χ2n) is 3.11. The summed E-state index contributed by atoms with van der Waals surface area (Å²) in [6.45, 7) is 0. The van der Waals surface area contributed by atoms with Gasteiger partial charge < -0.3 is 11.5 Å². The van der Waals surface area contributed by atoms with Crippen LogP contribution in [0.1, 0.15) is 0 Å². The lowest BCUT2D eigenvalue weighted by molar-refractivity contribution is 1.69. The van der Waals surface area contributed by atoms with Gasteiger partial charge in [-0.15, -0.1) is 0 Å². The Hall–Kier alpha value is -1.38. The first kappa shape index (κ1) is 12.7. The van der Waals surface area contributed by atoms with Gasteiger partial charge in [-0.2, -0.15) is 0 Å². The fourth-order valence-corrected chi connectivity index (χ4v) is 1.41. The minimum absolute atomic E-state index is 0.685. The van der Waals surface area contributed by atoms with Gasteiger partial charge in [-0.3, -0.25) is 0 Å². The molecule has 0 unspecified atom stereocenters. The quantitative estimate of drug-likeness (QED) is 0.702. The Morgan fingerprint density at radius 2 is 1.06 bits per heavy atom. The van der Waals surface area contributed by atoms with Crippen molar-refractivity contribution in [3.63, 3.8) is 0 Å². The highest BCUT2D eigenvalue weighted by atomic mass is 35.5. The summed E-state index contributed by atoms with van der Waals surface area (Å²) in [5, 5.41) is 1.37. The number of nitrogens with two attached hydrogens (primary N) is 2. The van der Waals surface area contributed by atoms with Crippen LogP contribution in [-0.4, -0.2) is 0 Å². The van der Waals surface area contributed by atoms with Crippen molar-refractivity contribution in [3.05, 3.63) is 58.6 Å². The van der Waals surface area contributed by atoms with Crippen molar-refractivity contribution in [2.75, 3.05) is 11.5 Å². The second kappa shape index (κ2) is 6.26. The van der Waals surface area contributed by atoms with Gasteiger partial charge in [-0.05, 0) is 36.4 Å². The zero-order valence-electron chi connectivity index (χ0n) is 8.53. The Labute approximate surface area is 105 Å². The Morgan fingerprint density at radius 3 is 1.25 bits per heavy atom. The van der Waals surface area contributed by atoms with Crippen molar-refractivity contribution in [2.24, 2.45) is 0 Å². The summed E-state index contributed by atoms with van der Waals surface area (Å²) < 4.78 is 0. The minimum Gasteiger partial charge on any atom is -0.399 e. The molecule has 0 aliphatic rings. The van der Waals surface area contributed by atoms with E-state index in [1.807, 2.05) is 12.1 Å². The van der Waals surface area contributed by atoms with E-state index in [-0.39, 0.29) is 0 Å². The highest BCUT2D eigenvalue weighted by Crippen LogP contribution is 2.11. The second-order valence-corrected chi connectivity index (χ2v) is 3.98. The summed E-state index contributed by atoms with van der Waals surface area (Å²) >= 11 is 11.1. The maximum atomic E-state index is 5.56. The molecule has 2 nitrogen and oxygen atoms in total. The molecule has 0 bridgehead atoms. The monoisotopic (exact) mass is 254 g/mol. The van der Waals surface area contributed by atoms with E-state index in [1.165, 1.54) is 0 Å². The molecule has 0 fully saturated rings. The fraction of sp³-hybridized carbons (Fsp3) is 0. The summed E-state index contributed by atoms with van der Waals surface area (Å²) in [6.07, 6.45) is 0. The van der Waals surface area contributed by atoms with E-state index in [1.54, 1.807) is 36.4 Å². The lowest BCUT2D eigenvalue weighted by atomic mass is 10.3. The Kier molecular flexibility index (Phi) is 4.96. The van der Waals surface area contributed by atoms with Gasteiger partial charge in [-0.25, -0.2) is 0 Å². The molecule has 0 heterocycles. The molecular weight excluding hydrogens is 243 g/mol. The van der Waals surface area contributed by atoms with Gasteiger partial charge in [0, 0.05) is 21.4 Å². The maximum Gasteiger partial charge on any atom is 0.0426 e. The molecule has 0 amide bonds. The third-order valence-corrected chi connectivity index (χ3v) is 2.17. The third kappa shape index (κ3) is 4.91. The molecule has 0 aromatic heterocycles. The number of nitrogen functional groups attached to an aromatic ring is 2. The van der Waals surface area contributed by atoms with Crippen molar-refractivity contribution in [3.8, 4) is 0 Å². The Balaban J connectivity index is 0.000000160. The smallest absolute Gasteiger partial charge is 0.0426 e. The molecule has 2 aromatic carbocycles. The number of benzene rings is 2. The van der Waals surface area contributed by atoms with Crippen LogP contribution in [0.2, 0.25) is 10.0 Å². The van der Waals surface area contributed by atoms with Gasteiger partial charge in [0.25, 0.3) is 0 Å². The van der Waals surface area contributed by atoms with E-state index in [2.05, 4.69) is 0 Å². The molecule has 0 spiro atoms. The molecule has 0 aliphatic carbocycles. The van der Waals surface area contributed by atoms with E-state index >= 15 is 0 Å². The van der Waals surface area contributed by atoms with Gasteiger partial charge in [0.1, 0.15) is 0 Å². The van der Waals surface area contributed by atoms with E-state index in [4.69, 9.17) is 34.7 Å². The number of rotatable bonds is 0. The van der Waals surface area contributed by atoms with Crippen molar-refractivity contribution in [2.45, 2.75) is 0 Å². The SMILES string of the molecule is Nc1cccc(Cl)c1.Nc1cccc(Cl)c1. The molecule has 0 saturated heterocycles. The van der Waals surface area contributed by atoms with Gasteiger partial charge >= 0.3 is 0 Å². The first-order chi connectivity index (χ1) is 7.58. The lowest BCUT2D eigenvalue weighted by Gasteiger charge is -1.89. The zero-order chi connectivity index (χ0) is 12.0. The van der Waals surface area contributed by atoms with Crippen molar-refractivity contribution in [1.29, 1.82) is 0 Å². The standard InChI is InChI=1S/2C6H6ClN/c2*7-5-2-1-3-6(8)4-5/h2*1-4H,8H2. The van der Waals surface area contributed by atoms with E-state index in [0.717, 1.165) is 0 Å². The maximum absolute atomic E-state index is 5.56. The fourth-order valence-electron chi connectivity index (χ4n) is 1.01. The largest absolute Gasteiger partial charge is 0.399 e. The predicted octanol–water partition coefficient (Wildman–Crippen LogP) is 3.84. The van der Waals surface area contributed by atoms with E-state index in [9.17, 15) is 0 Å². The highest BCUT2D eigenvalue weighted by molar-refractivity contribution is 6.31. The van der Waals surface area contributed by atoms with Gasteiger partial charge in [0.2, 0.25) is 0 Å². The summed E-state index contributed by atoms with van der Waals surface area (Å²) in [7, 11) is 0. The van der Waals surface area contributed by atoms with Crippen molar-refractivity contribution in [1.82, 2.24) is 0 Å². The highest BCUT2D eigenvalue weighted by Gasteiger charge is 1.84. The van der Waals surface area contributed by atoms with Crippen molar-refractivity contribution < 1.29 is 0 Å². The molecule has 2 rings (SSSR count). The Bertz CT molecular complexity index is 380. The summed E-state index contributed by atoms with van der Waals surface area (Å²) in [6, 6.07) is 14.2. The number of hydrogen-bond acceptors (Lipinski definition) is 2. The molecule has 0 radical (unpaired) electrons. The summed E-state index contributed by atoms with van der Waals surface area (Å²) in [4.78, 5) is 0. The molecule has 0 saturated carbocycles. The number of halogens is 2. The van der Waals surface area contributed by atoms with Crippen LogP contribution in [0.15, 0.2) is 48.5 Å². The average Bonchev–Trinajstić information content (AvgIpc) is 2.17. The van der Waals surface area contributed by atoms with Crippen LogP contribution in [0, 0.1) is 0 Å². The average molecular weight is 255 g/mol. The van der Waals surface area contributed by atoms with Gasteiger partial charge in [-0.1, -0.05) is 35.3 Å². The molecule has 0 atom stereocenters. The van der Waals surface area contributed by atoms with Crippen LogP contribution in [0.3, 0.4) is 0 Å². The number of hydrogen-bond donors (Lipinski definition) is 2. The molecular formula is C12H12Cl2N2. The van der Waals surface area contributed by atoms with Crippen LogP contribution in [-0.2, 0) is 0 Å². The molecule has 0 aliphatic heterocycles. The van der Waals surface area contributed by atoms with Crippen LogP contribution >= 0.6 is 23.2 Å². The van der Waals surface area contributed by atoms with Gasteiger partial charge in [0.05, 0.1) is 0 Å². The normalized spacial score (nSPS) is 9.12. The van der Waals surface area contributed by atoms with Gasteiger partial charge in [0.15, 0.2) is 0 Å². The first-order valence-electron chi connectivity index (χ1n) is 4.60. The molecule has 16 heavy (non-hydrogen) atoms. The van der Waals surface area contributed by atoms with E-state index in [0.29, 0.717) is 21.4 Å². The lowest BCUT2D eigenvalue weighted by Crippen LogP contribution is -1.80. The zero-order valence-corrected chi connectivity index (χ0v) is 10.0. The summed E-state index contributed by atoms with van der Waals surface area (Å²) in [5.41, 5.74) is 12.2. The first-order valence-corrected chi connectivity index (χ1v) is 5.35. The minimum atomic E-state index is 0.685. The summed E-state index contributed by atoms with van der Waals surface area (Å²) in [5.74, 6) is 0. The third-order valence-electron chi connectivity index (χ3n) is 1.70. The topological polar surface area (TPSA) is 52.0 Å². The Morgan fingerprint density at radius 1 is 0.688 bits per heavy atom. The van der Waals surface area contributed by atoms with Crippen LogP contribution in [0.25, 0.3) is 0 Å². The van der Waals surface area contributed by atoms with E-state index < -0.39 is 0 Å². The molecule has 2 aromatic rings. The van der Waals surface area contributed by atoms with Crippen LogP contribution in [0.5, 0.6) is 0 Å². The molecule has 4 heteroatoms. The molecule has 4 N–H and O–H groups in total. The molecule has 84 valence electrons.